The Morgan fingerprint density at radius 1 is 1.40 bits per heavy atom. The van der Waals surface area contributed by atoms with Crippen molar-refractivity contribution in [3.05, 3.63) is 0 Å². The van der Waals surface area contributed by atoms with Crippen LogP contribution in [-0.4, -0.2) is 8.41 Å². The van der Waals surface area contributed by atoms with E-state index in [9.17, 15) is 4.11 Å². The van der Waals surface area contributed by atoms with Crippen molar-refractivity contribution in [2.75, 3.05) is 0 Å². The van der Waals surface area contributed by atoms with Gasteiger partial charge in [-0.2, -0.15) is 5.26 Å². The van der Waals surface area contributed by atoms with E-state index in [4.69, 9.17) is 5.26 Å². The molecule has 10 heavy (non-hydrogen) atoms. The lowest BCUT2D eigenvalue weighted by molar-refractivity contribution is 0.734. The van der Waals surface area contributed by atoms with E-state index < -0.39 is 8.41 Å². The van der Waals surface area contributed by atoms with Crippen molar-refractivity contribution < 1.29 is 4.11 Å². The molecule has 0 saturated carbocycles. The molecule has 0 saturated heterocycles. The van der Waals surface area contributed by atoms with E-state index in [-0.39, 0.29) is 0 Å². The Hall–Kier alpha value is -0.363. The highest BCUT2D eigenvalue weighted by Crippen LogP contribution is 2.14. The first-order valence-electron chi connectivity index (χ1n) is 3.62. The highest BCUT2D eigenvalue weighted by Gasteiger charge is 2.18. The molecule has 0 heterocycles. The summed E-state index contributed by atoms with van der Waals surface area (Å²) < 4.78 is 12.9. The van der Waals surface area contributed by atoms with Gasteiger partial charge < -0.3 is 4.11 Å². The van der Waals surface area contributed by atoms with Gasteiger partial charge in [0.2, 0.25) is 8.41 Å². The minimum Gasteiger partial charge on any atom is -0.314 e. The van der Waals surface area contributed by atoms with Crippen molar-refractivity contribution in [3.8, 4) is 6.07 Å². The van der Waals surface area contributed by atoms with Crippen LogP contribution >= 0.6 is 0 Å². The SMILES string of the molecule is C[Si](C)(F)CCCCC#N. The molecule has 0 spiro atoms. The number of hydrogen-bond donors (Lipinski definition) is 0. The molecular weight excluding hydrogens is 145 g/mol. The van der Waals surface area contributed by atoms with Gasteiger partial charge >= 0.3 is 0 Å². The maximum atomic E-state index is 12.9. The molecule has 0 aromatic carbocycles. The Kier molecular flexibility index (Phi) is 4.29. The minimum atomic E-state index is -2.32. The van der Waals surface area contributed by atoms with Gasteiger partial charge in [-0.05, 0) is 25.6 Å². The highest BCUT2D eigenvalue weighted by molar-refractivity contribution is 6.70. The molecule has 58 valence electrons. The van der Waals surface area contributed by atoms with Gasteiger partial charge in [0.1, 0.15) is 0 Å². The fourth-order valence-electron chi connectivity index (χ4n) is 0.749. The Balaban J connectivity index is 3.14. The molecule has 0 aromatic heterocycles. The molecule has 0 unspecified atom stereocenters. The van der Waals surface area contributed by atoms with Gasteiger partial charge in [-0.1, -0.05) is 6.42 Å². The molecular formula is C7H14FNSi. The molecule has 1 nitrogen and oxygen atoms in total. The third-order valence-corrected chi connectivity index (χ3v) is 2.85. The van der Waals surface area contributed by atoms with Crippen LogP contribution in [0.4, 0.5) is 4.11 Å². The van der Waals surface area contributed by atoms with Crippen molar-refractivity contribution in [2.24, 2.45) is 0 Å². The smallest absolute Gasteiger partial charge is 0.240 e. The topological polar surface area (TPSA) is 23.8 Å². The minimum absolute atomic E-state index is 0.574. The Labute approximate surface area is 63.0 Å². The normalized spacial score (nSPS) is 11.0. The summed E-state index contributed by atoms with van der Waals surface area (Å²) >= 11 is 0. The van der Waals surface area contributed by atoms with Gasteiger partial charge in [0.05, 0.1) is 6.07 Å². The maximum absolute atomic E-state index is 12.9. The summed E-state index contributed by atoms with van der Waals surface area (Å²) in [6.07, 6.45) is 2.31. The summed E-state index contributed by atoms with van der Waals surface area (Å²) in [5, 5.41) is 8.16. The van der Waals surface area contributed by atoms with Crippen LogP contribution in [0.5, 0.6) is 0 Å². The van der Waals surface area contributed by atoms with Crippen LogP contribution in [0.3, 0.4) is 0 Å². The lowest BCUT2D eigenvalue weighted by Crippen LogP contribution is -2.16. The fraction of sp³-hybridized carbons (Fsp3) is 0.857. The Bertz CT molecular complexity index is 123. The molecule has 0 aliphatic carbocycles. The zero-order valence-electron chi connectivity index (χ0n) is 6.65. The third kappa shape index (κ3) is 7.64. The molecule has 0 atom stereocenters. The molecule has 0 amide bonds. The summed E-state index contributed by atoms with van der Waals surface area (Å²) in [4.78, 5) is 0. The standard InChI is InChI=1S/C7H14FNSi/c1-10(2,8)7-5-3-4-6-9/h3-5,7H2,1-2H3. The van der Waals surface area contributed by atoms with Crippen molar-refractivity contribution in [3.63, 3.8) is 0 Å². The van der Waals surface area contributed by atoms with Crippen LogP contribution < -0.4 is 0 Å². The maximum Gasteiger partial charge on any atom is 0.240 e. The van der Waals surface area contributed by atoms with E-state index in [2.05, 4.69) is 0 Å². The molecule has 0 fully saturated rings. The second-order valence-corrected chi connectivity index (χ2v) is 7.02. The summed E-state index contributed by atoms with van der Waals surface area (Å²) in [6, 6.07) is 2.75. The Morgan fingerprint density at radius 2 is 2.00 bits per heavy atom. The molecule has 0 aromatic rings. The van der Waals surface area contributed by atoms with E-state index in [1.54, 1.807) is 13.1 Å². The van der Waals surface area contributed by atoms with Gasteiger partial charge in [-0.3, -0.25) is 0 Å². The van der Waals surface area contributed by atoms with Crippen LogP contribution in [0.2, 0.25) is 19.1 Å². The zero-order chi connectivity index (χ0) is 8.04. The van der Waals surface area contributed by atoms with Gasteiger partial charge in [0.15, 0.2) is 0 Å². The number of nitriles is 1. The van der Waals surface area contributed by atoms with E-state index in [1.165, 1.54) is 0 Å². The number of halogens is 1. The van der Waals surface area contributed by atoms with Crippen molar-refractivity contribution in [2.45, 2.75) is 38.4 Å². The summed E-state index contributed by atoms with van der Waals surface area (Å²) in [5.74, 6) is 0. The van der Waals surface area contributed by atoms with Gasteiger partial charge in [-0.25, -0.2) is 0 Å². The second kappa shape index (κ2) is 4.45. The Morgan fingerprint density at radius 3 is 2.40 bits per heavy atom. The number of rotatable bonds is 4. The molecule has 0 radical (unpaired) electrons. The van der Waals surface area contributed by atoms with Crippen molar-refractivity contribution >= 4 is 8.41 Å². The van der Waals surface area contributed by atoms with E-state index in [0.29, 0.717) is 12.5 Å². The second-order valence-electron chi connectivity index (χ2n) is 3.08. The summed E-state index contributed by atoms with van der Waals surface area (Å²) in [6.45, 7) is 3.42. The quantitative estimate of drug-likeness (QED) is 0.351. The van der Waals surface area contributed by atoms with E-state index in [0.717, 1.165) is 12.8 Å². The first kappa shape index (κ1) is 9.64. The van der Waals surface area contributed by atoms with Crippen LogP contribution in [0.1, 0.15) is 19.3 Å². The summed E-state index contributed by atoms with van der Waals surface area (Å²) in [7, 11) is -2.32. The van der Waals surface area contributed by atoms with Crippen LogP contribution in [-0.2, 0) is 0 Å². The molecule has 0 bridgehead atoms. The molecule has 0 rings (SSSR count). The lowest BCUT2D eigenvalue weighted by atomic mass is 10.3. The number of hydrogen-bond acceptors (Lipinski definition) is 1. The average molecular weight is 159 g/mol. The molecule has 0 aliphatic heterocycles. The highest BCUT2D eigenvalue weighted by atomic mass is 28.4. The molecule has 0 N–H and O–H groups in total. The first-order chi connectivity index (χ1) is 4.56. The summed E-state index contributed by atoms with van der Waals surface area (Å²) in [5.41, 5.74) is 0. The number of nitrogens with zero attached hydrogens (tertiary/aromatic N) is 1. The first-order valence-corrected chi connectivity index (χ1v) is 6.70. The van der Waals surface area contributed by atoms with Gasteiger partial charge in [0.25, 0.3) is 0 Å². The van der Waals surface area contributed by atoms with E-state index >= 15 is 0 Å². The monoisotopic (exact) mass is 159 g/mol. The molecule has 0 aliphatic rings. The zero-order valence-corrected chi connectivity index (χ0v) is 7.65. The average Bonchev–Trinajstić information content (AvgIpc) is 1.78. The molecule has 3 heteroatoms. The van der Waals surface area contributed by atoms with Gasteiger partial charge in [-0.15, -0.1) is 0 Å². The van der Waals surface area contributed by atoms with Gasteiger partial charge in [0, 0.05) is 6.42 Å². The number of unbranched alkanes of at least 4 members (excludes halogenated alkanes) is 2. The van der Waals surface area contributed by atoms with Crippen molar-refractivity contribution in [1.82, 2.24) is 0 Å². The predicted molar refractivity (Wildman–Crippen MR) is 42.9 cm³/mol. The lowest BCUT2D eigenvalue weighted by Gasteiger charge is -2.08. The fourth-order valence-corrected chi connectivity index (χ4v) is 1.84. The van der Waals surface area contributed by atoms with E-state index in [1.807, 2.05) is 6.07 Å². The van der Waals surface area contributed by atoms with Crippen LogP contribution in [0.25, 0.3) is 0 Å². The largest absolute Gasteiger partial charge is 0.314 e. The van der Waals surface area contributed by atoms with Crippen molar-refractivity contribution in [1.29, 1.82) is 5.26 Å². The predicted octanol–water partition coefficient (Wildman–Crippen LogP) is 2.85. The third-order valence-electron chi connectivity index (χ3n) is 1.31. The van der Waals surface area contributed by atoms with Crippen LogP contribution in [0.15, 0.2) is 0 Å². The van der Waals surface area contributed by atoms with Crippen LogP contribution in [0, 0.1) is 11.3 Å².